The SMILES string of the molecule is C=C/C(N)=C1\CCC\C1=C(\N)c1ccc(C(F)(F)F)cc1OC. The number of hydrogen-bond acceptors (Lipinski definition) is 3. The fourth-order valence-corrected chi connectivity index (χ4v) is 2.74. The third-order valence-electron chi connectivity index (χ3n) is 3.93. The Morgan fingerprint density at radius 3 is 2.43 bits per heavy atom. The van der Waals surface area contributed by atoms with Crippen molar-refractivity contribution in [3.05, 3.63) is 58.8 Å². The Kier molecular flexibility index (Phi) is 4.73. The largest absolute Gasteiger partial charge is 0.496 e. The van der Waals surface area contributed by atoms with E-state index >= 15 is 0 Å². The normalized spacial score (nSPS) is 19.5. The molecule has 0 spiro atoms. The van der Waals surface area contributed by atoms with Crippen LogP contribution in [0.4, 0.5) is 13.2 Å². The molecule has 0 heterocycles. The molecule has 0 saturated heterocycles. The van der Waals surface area contributed by atoms with Crippen molar-refractivity contribution in [2.75, 3.05) is 7.11 Å². The number of halogens is 3. The maximum absolute atomic E-state index is 12.8. The fraction of sp³-hybridized carbons (Fsp3) is 0.294. The first-order valence-electron chi connectivity index (χ1n) is 7.15. The van der Waals surface area contributed by atoms with Crippen LogP contribution in [0.3, 0.4) is 0 Å². The first kappa shape index (κ1) is 17.0. The van der Waals surface area contributed by atoms with E-state index in [1.54, 1.807) is 6.08 Å². The molecule has 1 fully saturated rings. The highest BCUT2D eigenvalue weighted by Crippen LogP contribution is 2.39. The Morgan fingerprint density at radius 2 is 1.87 bits per heavy atom. The minimum absolute atomic E-state index is 0.0910. The maximum atomic E-state index is 12.8. The number of rotatable bonds is 3. The molecular weight excluding hydrogens is 305 g/mol. The molecule has 1 aliphatic carbocycles. The molecule has 0 radical (unpaired) electrons. The molecule has 3 nitrogen and oxygen atoms in total. The molecule has 124 valence electrons. The van der Waals surface area contributed by atoms with Crippen molar-refractivity contribution in [2.24, 2.45) is 11.5 Å². The lowest BCUT2D eigenvalue weighted by molar-refractivity contribution is -0.137. The minimum Gasteiger partial charge on any atom is -0.496 e. The average Bonchev–Trinajstić information content (AvgIpc) is 3.01. The second kappa shape index (κ2) is 6.40. The van der Waals surface area contributed by atoms with E-state index in [-0.39, 0.29) is 5.75 Å². The van der Waals surface area contributed by atoms with Crippen molar-refractivity contribution in [2.45, 2.75) is 25.4 Å². The van der Waals surface area contributed by atoms with Crippen LogP contribution in [-0.2, 0) is 6.18 Å². The van der Waals surface area contributed by atoms with E-state index in [4.69, 9.17) is 16.2 Å². The summed E-state index contributed by atoms with van der Waals surface area (Å²) in [6, 6.07) is 3.29. The summed E-state index contributed by atoms with van der Waals surface area (Å²) in [5.41, 5.74) is 14.5. The van der Waals surface area contributed by atoms with Gasteiger partial charge in [0.2, 0.25) is 0 Å². The van der Waals surface area contributed by atoms with Crippen LogP contribution in [-0.4, -0.2) is 7.11 Å². The first-order valence-corrected chi connectivity index (χ1v) is 7.15. The van der Waals surface area contributed by atoms with Crippen LogP contribution < -0.4 is 16.2 Å². The second-order valence-electron chi connectivity index (χ2n) is 5.30. The summed E-state index contributed by atoms with van der Waals surface area (Å²) in [4.78, 5) is 0. The van der Waals surface area contributed by atoms with E-state index in [2.05, 4.69) is 6.58 Å². The standard InChI is InChI=1S/C17H19F3N2O/c1-3-14(21)11-5-4-6-12(11)16(22)13-8-7-10(17(18,19)20)9-15(13)23-2/h3,7-9H,1,4-6,21-22H2,2H3/b14-11-,16-12-. The van der Waals surface area contributed by atoms with Crippen molar-refractivity contribution < 1.29 is 17.9 Å². The lowest BCUT2D eigenvalue weighted by Gasteiger charge is -2.15. The lowest BCUT2D eigenvalue weighted by atomic mass is 9.99. The third-order valence-corrected chi connectivity index (χ3v) is 3.93. The van der Waals surface area contributed by atoms with E-state index < -0.39 is 11.7 Å². The molecule has 1 aromatic carbocycles. The van der Waals surface area contributed by atoms with E-state index in [0.29, 0.717) is 17.0 Å². The predicted octanol–water partition coefficient (Wildman–Crippen LogP) is 3.97. The highest BCUT2D eigenvalue weighted by molar-refractivity contribution is 5.75. The average molecular weight is 324 g/mol. The fourth-order valence-electron chi connectivity index (χ4n) is 2.74. The molecule has 0 aromatic heterocycles. The number of nitrogens with two attached hydrogens (primary N) is 2. The number of methoxy groups -OCH3 is 1. The van der Waals surface area contributed by atoms with Gasteiger partial charge in [0, 0.05) is 17.0 Å². The van der Waals surface area contributed by atoms with E-state index in [0.717, 1.165) is 42.5 Å². The minimum atomic E-state index is -4.43. The van der Waals surface area contributed by atoms with Crippen LogP contribution in [0.1, 0.15) is 30.4 Å². The highest BCUT2D eigenvalue weighted by Gasteiger charge is 2.31. The maximum Gasteiger partial charge on any atom is 0.416 e. The monoisotopic (exact) mass is 324 g/mol. The zero-order valence-electron chi connectivity index (χ0n) is 12.8. The summed E-state index contributed by atoms with van der Waals surface area (Å²) in [5, 5.41) is 0. The second-order valence-corrected chi connectivity index (χ2v) is 5.30. The van der Waals surface area contributed by atoms with Crippen LogP contribution in [0.5, 0.6) is 5.75 Å². The molecule has 23 heavy (non-hydrogen) atoms. The van der Waals surface area contributed by atoms with Crippen molar-refractivity contribution in [3.8, 4) is 5.75 Å². The van der Waals surface area contributed by atoms with Gasteiger partial charge in [0.25, 0.3) is 0 Å². The van der Waals surface area contributed by atoms with Gasteiger partial charge in [0.1, 0.15) is 5.75 Å². The zero-order valence-corrected chi connectivity index (χ0v) is 12.8. The predicted molar refractivity (Wildman–Crippen MR) is 84.4 cm³/mol. The van der Waals surface area contributed by atoms with Gasteiger partial charge in [-0.2, -0.15) is 13.2 Å². The lowest BCUT2D eigenvalue weighted by Crippen LogP contribution is -2.09. The highest BCUT2D eigenvalue weighted by atomic mass is 19.4. The molecule has 4 N–H and O–H groups in total. The van der Waals surface area contributed by atoms with Gasteiger partial charge in [0.15, 0.2) is 0 Å². The first-order chi connectivity index (χ1) is 10.8. The number of ether oxygens (including phenoxy) is 1. The van der Waals surface area contributed by atoms with Gasteiger partial charge < -0.3 is 16.2 Å². The molecule has 0 amide bonds. The number of benzene rings is 1. The Morgan fingerprint density at radius 1 is 1.22 bits per heavy atom. The smallest absolute Gasteiger partial charge is 0.416 e. The third kappa shape index (κ3) is 3.36. The van der Waals surface area contributed by atoms with Crippen LogP contribution >= 0.6 is 0 Å². The van der Waals surface area contributed by atoms with Gasteiger partial charge in [-0.05, 0) is 54.7 Å². The molecule has 0 atom stereocenters. The van der Waals surface area contributed by atoms with Crippen molar-refractivity contribution in [1.29, 1.82) is 0 Å². The summed E-state index contributed by atoms with van der Waals surface area (Å²) in [7, 11) is 1.32. The van der Waals surface area contributed by atoms with Gasteiger partial charge >= 0.3 is 6.18 Å². The summed E-state index contributed by atoms with van der Waals surface area (Å²) >= 11 is 0. The van der Waals surface area contributed by atoms with Gasteiger partial charge in [-0.1, -0.05) is 6.58 Å². The van der Waals surface area contributed by atoms with Crippen LogP contribution in [0.15, 0.2) is 47.7 Å². The van der Waals surface area contributed by atoms with Crippen molar-refractivity contribution in [1.82, 2.24) is 0 Å². The summed E-state index contributed by atoms with van der Waals surface area (Å²) < 4.78 is 43.6. The van der Waals surface area contributed by atoms with Gasteiger partial charge in [0.05, 0.1) is 12.7 Å². The Hall–Kier alpha value is -2.37. The molecule has 1 aromatic rings. The van der Waals surface area contributed by atoms with Crippen molar-refractivity contribution in [3.63, 3.8) is 0 Å². The van der Waals surface area contributed by atoms with E-state index in [1.807, 2.05) is 0 Å². The number of allylic oxidation sites excluding steroid dienone is 3. The molecule has 2 rings (SSSR count). The van der Waals surface area contributed by atoms with E-state index in [9.17, 15) is 13.2 Å². The topological polar surface area (TPSA) is 61.3 Å². The molecule has 0 unspecified atom stereocenters. The van der Waals surface area contributed by atoms with Gasteiger partial charge in [-0.3, -0.25) is 0 Å². The molecule has 6 heteroatoms. The summed E-state index contributed by atoms with van der Waals surface area (Å²) in [5.74, 6) is 0.0910. The summed E-state index contributed by atoms with van der Waals surface area (Å²) in [6.07, 6.45) is -0.489. The van der Waals surface area contributed by atoms with Gasteiger partial charge in [-0.15, -0.1) is 0 Å². The Bertz CT molecular complexity index is 688. The molecule has 1 aliphatic rings. The molecule has 1 saturated carbocycles. The number of alkyl halides is 3. The van der Waals surface area contributed by atoms with Crippen LogP contribution in [0, 0.1) is 0 Å². The van der Waals surface area contributed by atoms with Crippen LogP contribution in [0.2, 0.25) is 0 Å². The quantitative estimate of drug-likeness (QED) is 0.884. The Balaban J connectivity index is 2.57. The zero-order chi connectivity index (χ0) is 17.2. The Labute approximate surface area is 133 Å². The molecule has 0 aliphatic heterocycles. The number of hydrogen-bond donors (Lipinski definition) is 2. The molecule has 0 bridgehead atoms. The molecular formula is C17H19F3N2O. The van der Waals surface area contributed by atoms with Crippen molar-refractivity contribution >= 4 is 5.70 Å². The summed E-state index contributed by atoms with van der Waals surface area (Å²) in [6.45, 7) is 3.65. The van der Waals surface area contributed by atoms with E-state index in [1.165, 1.54) is 13.2 Å². The van der Waals surface area contributed by atoms with Crippen LogP contribution in [0.25, 0.3) is 5.70 Å². The van der Waals surface area contributed by atoms with Gasteiger partial charge in [-0.25, -0.2) is 0 Å².